The van der Waals surface area contributed by atoms with E-state index in [4.69, 9.17) is 0 Å². The van der Waals surface area contributed by atoms with E-state index in [1.807, 2.05) is 26.1 Å². The van der Waals surface area contributed by atoms with Crippen LogP contribution in [-0.2, 0) is 0 Å². The molecule has 2 heteroatoms. The zero-order valence-corrected chi connectivity index (χ0v) is 4.86. The highest BCUT2D eigenvalue weighted by Crippen LogP contribution is 1.67. The maximum absolute atomic E-state index is 2.86. The van der Waals surface area contributed by atoms with E-state index in [2.05, 4.69) is 10.9 Å². The first-order valence-electron chi connectivity index (χ1n) is 2.63. The highest BCUT2D eigenvalue weighted by Gasteiger charge is 1.78. The molecule has 0 aromatic heterocycles. The smallest absolute Gasteiger partial charge is 0.0345 e. The van der Waals surface area contributed by atoms with Crippen LogP contribution in [-0.4, -0.2) is 6.54 Å². The first-order chi connectivity index (χ1) is 3.50. The van der Waals surface area contributed by atoms with Crippen LogP contribution in [0.3, 0.4) is 0 Å². The lowest BCUT2D eigenvalue weighted by Gasteiger charge is -1.83. The Kier molecular flexibility index (Phi) is 5.11. The molecule has 0 amide bonds. The van der Waals surface area contributed by atoms with Crippen LogP contribution in [0.2, 0.25) is 0 Å². The molecule has 0 radical (unpaired) electrons. The summed E-state index contributed by atoms with van der Waals surface area (Å²) in [5.41, 5.74) is 5.65. The molecule has 2 nitrogen and oxygen atoms in total. The van der Waals surface area contributed by atoms with Gasteiger partial charge in [0.15, 0.2) is 0 Å². The minimum absolute atomic E-state index is 0.958. The second-order valence-electron chi connectivity index (χ2n) is 0.928. The van der Waals surface area contributed by atoms with E-state index in [1.165, 1.54) is 0 Å². The van der Waals surface area contributed by atoms with Crippen LogP contribution >= 0.6 is 0 Å². The lowest BCUT2D eigenvalue weighted by molar-refractivity contribution is 0.727. The molecule has 0 aromatic rings. The minimum Gasteiger partial charge on any atom is -0.329 e. The van der Waals surface area contributed by atoms with Crippen LogP contribution in [0.5, 0.6) is 0 Å². The fourth-order valence-corrected chi connectivity index (χ4v) is 0.295. The Hall–Kier alpha value is -0.500. The summed E-state index contributed by atoms with van der Waals surface area (Å²) in [7, 11) is 0. The summed E-state index contributed by atoms with van der Waals surface area (Å²) in [6.07, 6.45) is 3.89. The number of nitrogens with one attached hydrogen (secondary N) is 2. The van der Waals surface area contributed by atoms with Gasteiger partial charge in [-0.25, -0.2) is 5.43 Å². The van der Waals surface area contributed by atoms with E-state index >= 15 is 0 Å². The molecule has 1 heterocycles. The van der Waals surface area contributed by atoms with Crippen molar-refractivity contribution in [3.05, 3.63) is 12.3 Å². The second kappa shape index (κ2) is 5.50. The normalized spacial score (nSPS) is 14.6. The summed E-state index contributed by atoms with van der Waals surface area (Å²) in [6, 6.07) is 0. The average molecular weight is 100 g/mol. The van der Waals surface area contributed by atoms with Gasteiger partial charge in [0, 0.05) is 12.7 Å². The average Bonchev–Trinajstić information content (AvgIpc) is 2.23. The van der Waals surface area contributed by atoms with Crippen molar-refractivity contribution in [3.8, 4) is 0 Å². The Morgan fingerprint density at radius 3 is 2.29 bits per heavy atom. The van der Waals surface area contributed by atoms with E-state index in [1.54, 1.807) is 0 Å². The molecular weight excluding hydrogens is 88.1 g/mol. The lowest BCUT2D eigenvalue weighted by Crippen LogP contribution is -2.19. The third-order valence-corrected chi connectivity index (χ3v) is 0.523. The van der Waals surface area contributed by atoms with Gasteiger partial charge < -0.3 is 5.43 Å². The molecular formula is C5H12N2. The molecule has 0 atom stereocenters. The fourth-order valence-electron chi connectivity index (χ4n) is 0.295. The molecule has 2 N–H and O–H groups in total. The zero-order chi connectivity index (χ0) is 5.54. The summed E-state index contributed by atoms with van der Waals surface area (Å²) < 4.78 is 0. The van der Waals surface area contributed by atoms with Crippen LogP contribution < -0.4 is 10.9 Å². The van der Waals surface area contributed by atoms with Gasteiger partial charge in [0.05, 0.1) is 0 Å². The molecule has 1 rings (SSSR count). The standard InChI is InChI=1S/C3H6N2.C2H6/c1-2-4-5-3-1;1-2/h1-2,4-5H,3H2;1-2H3. The molecule has 0 fully saturated rings. The fraction of sp³-hybridized carbons (Fsp3) is 0.600. The van der Waals surface area contributed by atoms with Crippen LogP contribution in [0.15, 0.2) is 12.3 Å². The first kappa shape index (κ1) is 6.50. The van der Waals surface area contributed by atoms with Crippen molar-refractivity contribution >= 4 is 0 Å². The predicted octanol–water partition coefficient (Wildman–Crippen LogP) is 0.634. The van der Waals surface area contributed by atoms with Crippen LogP contribution in [0.1, 0.15) is 13.8 Å². The van der Waals surface area contributed by atoms with Gasteiger partial charge in [-0.05, 0) is 0 Å². The Morgan fingerprint density at radius 2 is 2.14 bits per heavy atom. The van der Waals surface area contributed by atoms with Gasteiger partial charge in [0.25, 0.3) is 0 Å². The number of hydrazine groups is 1. The van der Waals surface area contributed by atoms with Crippen LogP contribution in [0.4, 0.5) is 0 Å². The molecule has 42 valence electrons. The summed E-state index contributed by atoms with van der Waals surface area (Å²) in [5.74, 6) is 0. The number of hydrogen-bond acceptors (Lipinski definition) is 2. The summed E-state index contributed by atoms with van der Waals surface area (Å²) in [5, 5.41) is 0. The molecule has 1 aliphatic heterocycles. The molecule has 0 saturated heterocycles. The van der Waals surface area contributed by atoms with Crippen molar-refractivity contribution in [3.63, 3.8) is 0 Å². The maximum Gasteiger partial charge on any atom is 0.0345 e. The number of hydrogen-bond donors (Lipinski definition) is 2. The van der Waals surface area contributed by atoms with Gasteiger partial charge in [-0.2, -0.15) is 0 Å². The molecule has 0 aromatic carbocycles. The van der Waals surface area contributed by atoms with Crippen molar-refractivity contribution in [1.29, 1.82) is 0 Å². The Balaban J connectivity index is 0.000000162. The topological polar surface area (TPSA) is 24.1 Å². The monoisotopic (exact) mass is 100 g/mol. The molecule has 1 aliphatic rings. The summed E-state index contributed by atoms with van der Waals surface area (Å²) in [6.45, 7) is 4.96. The SMILES string of the molecule is C1=CNNC1.CC. The first-order valence-corrected chi connectivity index (χ1v) is 2.63. The van der Waals surface area contributed by atoms with Gasteiger partial charge in [-0.3, -0.25) is 0 Å². The second-order valence-corrected chi connectivity index (χ2v) is 0.928. The minimum atomic E-state index is 0.958. The van der Waals surface area contributed by atoms with Gasteiger partial charge >= 0.3 is 0 Å². The van der Waals surface area contributed by atoms with Crippen molar-refractivity contribution < 1.29 is 0 Å². The number of rotatable bonds is 0. The Labute approximate surface area is 44.6 Å². The molecule has 0 unspecified atom stereocenters. The summed E-state index contributed by atoms with van der Waals surface area (Å²) >= 11 is 0. The van der Waals surface area contributed by atoms with Gasteiger partial charge in [0.1, 0.15) is 0 Å². The van der Waals surface area contributed by atoms with E-state index in [-0.39, 0.29) is 0 Å². The van der Waals surface area contributed by atoms with Gasteiger partial charge in [-0.15, -0.1) is 0 Å². The van der Waals surface area contributed by atoms with E-state index < -0.39 is 0 Å². The summed E-state index contributed by atoms with van der Waals surface area (Å²) in [4.78, 5) is 0. The van der Waals surface area contributed by atoms with Crippen LogP contribution in [0.25, 0.3) is 0 Å². The molecule has 0 saturated carbocycles. The zero-order valence-electron chi connectivity index (χ0n) is 4.86. The lowest BCUT2D eigenvalue weighted by atomic mass is 10.7. The van der Waals surface area contributed by atoms with Crippen molar-refractivity contribution in [2.24, 2.45) is 0 Å². The van der Waals surface area contributed by atoms with E-state index in [9.17, 15) is 0 Å². The molecule has 0 aliphatic carbocycles. The van der Waals surface area contributed by atoms with Gasteiger partial charge in [-0.1, -0.05) is 19.9 Å². The van der Waals surface area contributed by atoms with Crippen molar-refractivity contribution in [2.75, 3.05) is 6.54 Å². The van der Waals surface area contributed by atoms with E-state index in [0.29, 0.717) is 0 Å². The quantitative estimate of drug-likeness (QED) is 0.466. The Morgan fingerprint density at radius 1 is 1.43 bits per heavy atom. The molecule has 0 spiro atoms. The van der Waals surface area contributed by atoms with Crippen molar-refractivity contribution in [2.45, 2.75) is 13.8 Å². The van der Waals surface area contributed by atoms with Gasteiger partial charge in [0.2, 0.25) is 0 Å². The third-order valence-electron chi connectivity index (χ3n) is 0.523. The Bertz CT molecular complexity index is 44.0. The van der Waals surface area contributed by atoms with Crippen LogP contribution in [0, 0.1) is 0 Å². The molecule has 0 bridgehead atoms. The predicted molar refractivity (Wildman–Crippen MR) is 31.6 cm³/mol. The maximum atomic E-state index is 2.86. The van der Waals surface area contributed by atoms with E-state index in [0.717, 1.165) is 6.54 Å². The third kappa shape index (κ3) is 3.33. The highest BCUT2D eigenvalue weighted by atomic mass is 15.4. The largest absolute Gasteiger partial charge is 0.329 e. The highest BCUT2D eigenvalue weighted by molar-refractivity contribution is 4.85. The van der Waals surface area contributed by atoms with Crippen molar-refractivity contribution in [1.82, 2.24) is 10.9 Å². The molecule has 7 heavy (non-hydrogen) atoms.